The molecule has 0 heterocycles. The van der Waals surface area contributed by atoms with Crippen molar-refractivity contribution in [2.45, 2.75) is 18.3 Å². The number of hydrogen-bond donors (Lipinski definition) is 1. The molecule has 0 radical (unpaired) electrons. The zero-order valence-electron chi connectivity index (χ0n) is 9.85. The number of halogens is 2. The van der Waals surface area contributed by atoms with Gasteiger partial charge in [0.15, 0.2) is 11.5 Å². The van der Waals surface area contributed by atoms with Crippen molar-refractivity contribution < 1.29 is 13.9 Å². The smallest absolute Gasteiger partial charge is 0.175 e. The minimum Gasteiger partial charge on any atom is -0.492 e. The van der Waals surface area contributed by atoms with E-state index in [0.717, 1.165) is 12.8 Å². The third kappa shape index (κ3) is 1.91. The predicted octanol–water partition coefficient (Wildman–Crippen LogP) is 2.60. The lowest BCUT2D eigenvalue weighted by Gasteiger charge is -2.20. The Hall–Kier alpha value is -0.810. The second kappa shape index (κ2) is 4.46. The zero-order valence-corrected chi connectivity index (χ0v) is 11.4. The van der Waals surface area contributed by atoms with Gasteiger partial charge >= 0.3 is 0 Å². The standard InChI is InChI=1S/C12H15BrFNO2/c1-16-10-7(13)5-8(14)9(11(10)17-2)12(6-15)3-4-12/h5H,3-4,6,15H2,1-2H3. The van der Waals surface area contributed by atoms with Crippen LogP contribution in [0.1, 0.15) is 18.4 Å². The fourth-order valence-corrected chi connectivity index (χ4v) is 2.71. The molecule has 1 aromatic rings. The molecular formula is C12H15BrFNO2. The lowest BCUT2D eigenvalue weighted by molar-refractivity contribution is 0.342. The average molecular weight is 304 g/mol. The minimum atomic E-state index is -0.294. The van der Waals surface area contributed by atoms with Gasteiger partial charge in [0.1, 0.15) is 5.82 Å². The molecule has 2 rings (SSSR count). The van der Waals surface area contributed by atoms with Crippen molar-refractivity contribution in [2.24, 2.45) is 5.73 Å². The van der Waals surface area contributed by atoms with Gasteiger partial charge in [-0.05, 0) is 34.8 Å². The highest BCUT2D eigenvalue weighted by Crippen LogP contribution is 2.54. The summed E-state index contributed by atoms with van der Waals surface area (Å²) < 4.78 is 25.2. The van der Waals surface area contributed by atoms with Gasteiger partial charge in [0, 0.05) is 17.5 Å². The first kappa shape index (κ1) is 12.6. The molecular weight excluding hydrogens is 289 g/mol. The first-order valence-corrected chi connectivity index (χ1v) is 6.19. The van der Waals surface area contributed by atoms with Crippen LogP contribution in [0.15, 0.2) is 10.5 Å². The number of hydrogen-bond acceptors (Lipinski definition) is 3. The lowest BCUT2D eigenvalue weighted by Crippen LogP contribution is -2.22. The molecule has 1 aliphatic rings. The van der Waals surface area contributed by atoms with Crippen LogP contribution in [0.25, 0.3) is 0 Å². The van der Waals surface area contributed by atoms with Gasteiger partial charge in [-0.1, -0.05) is 0 Å². The van der Waals surface area contributed by atoms with Crippen molar-refractivity contribution in [1.82, 2.24) is 0 Å². The molecule has 1 aromatic carbocycles. The molecule has 0 aliphatic heterocycles. The number of benzene rings is 1. The highest BCUT2D eigenvalue weighted by atomic mass is 79.9. The van der Waals surface area contributed by atoms with Crippen LogP contribution in [0.4, 0.5) is 4.39 Å². The second-order valence-electron chi connectivity index (χ2n) is 4.27. The van der Waals surface area contributed by atoms with Gasteiger partial charge in [0.25, 0.3) is 0 Å². The van der Waals surface area contributed by atoms with E-state index >= 15 is 0 Å². The van der Waals surface area contributed by atoms with Gasteiger partial charge in [-0.2, -0.15) is 0 Å². The largest absolute Gasteiger partial charge is 0.492 e. The number of methoxy groups -OCH3 is 2. The quantitative estimate of drug-likeness (QED) is 0.930. The highest BCUT2D eigenvalue weighted by Gasteiger charge is 2.47. The molecule has 0 saturated heterocycles. The van der Waals surface area contributed by atoms with Crippen LogP contribution in [0.3, 0.4) is 0 Å². The maximum absolute atomic E-state index is 14.1. The van der Waals surface area contributed by atoms with E-state index in [0.29, 0.717) is 28.1 Å². The fraction of sp³-hybridized carbons (Fsp3) is 0.500. The number of nitrogens with two attached hydrogens (primary N) is 1. The van der Waals surface area contributed by atoms with Gasteiger partial charge in [-0.25, -0.2) is 4.39 Å². The Morgan fingerprint density at radius 3 is 2.35 bits per heavy atom. The summed E-state index contributed by atoms with van der Waals surface area (Å²) in [6.45, 7) is 0.422. The summed E-state index contributed by atoms with van der Waals surface area (Å²) >= 11 is 3.27. The van der Waals surface area contributed by atoms with Crippen LogP contribution in [0.2, 0.25) is 0 Å². The van der Waals surface area contributed by atoms with Crippen LogP contribution in [-0.2, 0) is 5.41 Å². The summed E-state index contributed by atoms with van der Waals surface area (Å²) in [5, 5.41) is 0. The van der Waals surface area contributed by atoms with E-state index in [-0.39, 0.29) is 11.2 Å². The van der Waals surface area contributed by atoms with Crippen molar-refractivity contribution >= 4 is 15.9 Å². The van der Waals surface area contributed by atoms with E-state index in [1.807, 2.05) is 0 Å². The van der Waals surface area contributed by atoms with Crippen molar-refractivity contribution in [3.8, 4) is 11.5 Å². The highest BCUT2D eigenvalue weighted by molar-refractivity contribution is 9.10. The summed E-state index contributed by atoms with van der Waals surface area (Å²) in [6.07, 6.45) is 1.78. The van der Waals surface area contributed by atoms with E-state index in [4.69, 9.17) is 15.2 Å². The Morgan fingerprint density at radius 1 is 1.35 bits per heavy atom. The summed E-state index contributed by atoms with van der Waals surface area (Å²) in [7, 11) is 3.05. The molecule has 94 valence electrons. The van der Waals surface area contributed by atoms with Crippen LogP contribution in [0, 0.1) is 5.82 Å². The second-order valence-corrected chi connectivity index (χ2v) is 5.12. The normalized spacial score (nSPS) is 16.8. The summed E-state index contributed by atoms with van der Waals surface area (Å²) in [4.78, 5) is 0. The molecule has 2 N–H and O–H groups in total. The maximum atomic E-state index is 14.1. The molecule has 0 spiro atoms. The third-order valence-corrected chi connectivity index (χ3v) is 3.91. The molecule has 1 saturated carbocycles. The van der Waals surface area contributed by atoms with Gasteiger partial charge in [-0.15, -0.1) is 0 Å². The summed E-state index contributed by atoms with van der Waals surface area (Å²) in [6, 6.07) is 1.41. The Kier molecular flexibility index (Phi) is 3.32. The first-order valence-electron chi connectivity index (χ1n) is 5.40. The fourth-order valence-electron chi connectivity index (χ4n) is 2.17. The SMILES string of the molecule is COc1c(Br)cc(F)c(C2(CN)CC2)c1OC. The summed E-state index contributed by atoms with van der Waals surface area (Å²) in [5.74, 6) is 0.670. The average Bonchev–Trinajstić information content (AvgIpc) is 3.08. The van der Waals surface area contributed by atoms with Crippen LogP contribution in [0.5, 0.6) is 11.5 Å². The van der Waals surface area contributed by atoms with Gasteiger partial charge in [0.05, 0.1) is 18.7 Å². The van der Waals surface area contributed by atoms with Gasteiger partial charge in [0.2, 0.25) is 0 Å². The van der Waals surface area contributed by atoms with Crippen molar-refractivity contribution in [3.05, 3.63) is 21.9 Å². The van der Waals surface area contributed by atoms with E-state index in [1.165, 1.54) is 20.3 Å². The molecule has 3 nitrogen and oxygen atoms in total. The van der Waals surface area contributed by atoms with Crippen LogP contribution < -0.4 is 15.2 Å². The molecule has 1 aliphatic carbocycles. The molecule has 5 heteroatoms. The Bertz CT molecular complexity index is 447. The topological polar surface area (TPSA) is 44.5 Å². The predicted molar refractivity (Wildman–Crippen MR) is 67.2 cm³/mol. The molecule has 0 bridgehead atoms. The Morgan fingerprint density at radius 2 is 1.94 bits per heavy atom. The number of ether oxygens (including phenoxy) is 2. The molecule has 0 aromatic heterocycles. The van der Waals surface area contributed by atoms with Gasteiger partial charge < -0.3 is 15.2 Å². The van der Waals surface area contributed by atoms with Crippen LogP contribution in [-0.4, -0.2) is 20.8 Å². The van der Waals surface area contributed by atoms with Gasteiger partial charge in [-0.3, -0.25) is 0 Å². The zero-order chi connectivity index (χ0) is 12.6. The maximum Gasteiger partial charge on any atom is 0.175 e. The van der Waals surface area contributed by atoms with Crippen molar-refractivity contribution in [1.29, 1.82) is 0 Å². The molecule has 0 amide bonds. The Labute approximate surface area is 108 Å². The van der Waals surface area contributed by atoms with Crippen molar-refractivity contribution in [3.63, 3.8) is 0 Å². The molecule has 0 unspecified atom stereocenters. The molecule has 0 atom stereocenters. The van der Waals surface area contributed by atoms with Crippen LogP contribution >= 0.6 is 15.9 Å². The first-order chi connectivity index (χ1) is 8.09. The molecule has 1 fully saturated rings. The lowest BCUT2D eigenvalue weighted by atomic mass is 9.94. The summed E-state index contributed by atoms with van der Waals surface area (Å²) in [5.41, 5.74) is 6.02. The van der Waals surface area contributed by atoms with E-state index in [9.17, 15) is 4.39 Å². The number of rotatable bonds is 4. The van der Waals surface area contributed by atoms with E-state index in [2.05, 4.69) is 15.9 Å². The Balaban J connectivity index is 2.65. The minimum absolute atomic E-state index is 0.274. The van der Waals surface area contributed by atoms with E-state index < -0.39 is 0 Å². The molecule has 17 heavy (non-hydrogen) atoms. The third-order valence-electron chi connectivity index (χ3n) is 3.33. The monoisotopic (exact) mass is 303 g/mol. The van der Waals surface area contributed by atoms with Crippen molar-refractivity contribution in [2.75, 3.05) is 20.8 Å². The van der Waals surface area contributed by atoms with E-state index in [1.54, 1.807) is 0 Å².